The van der Waals surface area contributed by atoms with Crippen molar-refractivity contribution in [2.75, 3.05) is 19.0 Å². The highest BCUT2D eigenvalue weighted by atomic mass is 16.8. The van der Waals surface area contributed by atoms with Crippen LogP contribution in [0, 0.1) is 0 Å². The number of ether oxygens (including phenoxy) is 2. The third-order valence-corrected chi connectivity index (χ3v) is 3.45. The molecule has 1 N–H and O–H groups in total. The van der Waals surface area contributed by atoms with E-state index in [0.29, 0.717) is 24.4 Å². The van der Waals surface area contributed by atoms with Gasteiger partial charge in [0, 0.05) is 6.54 Å². The minimum absolute atomic E-state index is 0.249. The molecule has 1 unspecified atom stereocenters. The van der Waals surface area contributed by atoms with Crippen LogP contribution in [0.1, 0.15) is 33.6 Å². The Morgan fingerprint density at radius 2 is 1.96 bits per heavy atom. The van der Waals surface area contributed by atoms with Crippen molar-refractivity contribution in [2.24, 2.45) is 0 Å². The Balaban J connectivity index is 1.99. The Kier molecular flexibility index (Phi) is 5.66. The summed E-state index contributed by atoms with van der Waals surface area (Å²) in [4.78, 5) is 29.5. The molecule has 1 aromatic carbocycles. The molecule has 132 valence electrons. The standard InChI is InChI=1S/C17H24N2O5/c1-17(2,3)23-16(21)24-19-11-7-9-13(19)15(20)18-12-8-5-6-10-14(12)22-4/h5-6,8,10,13H,7,9,11H2,1-4H3,(H,18,20). The van der Waals surface area contributed by atoms with Gasteiger partial charge in [0.05, 0.1) is 12.8 Å². The zero-order chi connectivity index (χ0) is 17.7. The van der Waals surface area contributed by atoms with Gasteiger partial charge in [-0.25, -0.2) is 4.79 Å². The molecule has 0 bridgehead atoms. The van der Waals surface area contributed by atoms with Gasteiger partial charge < -0.3 is 19.6 Å². The molecule has 1 aliphatic heterocycles. The lowest BCUT2D eigenvalue weighted by atomic mass is 10.2. The average Bonchev–Trinajstić information content (AvgIpc) is 2.93. The molecular weight excluding hydrogens is 312 g/mol. The lowest BCUT2D eigenvalue weighted by Crippen LogP contribution is -2.41. The minimum Gasteiger partial charge on any atom is -0.495 e. The maximum absolute atomic E-state index is 12.5. The molecular formula is C17H24N2O5. The molecule has 7 nitrogen and oxygen atoms in total. The number of nitrogens with one attached hydrogen (secondary N) is 1. The van der Waals surface area contributed by atoms with Gasteiger partial charge in [0.15, 0.2) is 0 Å². The van der Waals surface area contributed by atoms with Crippen LogP contribution in [0.4, 0.5) is 10.5 Å². The fraction of sp³-hybridized carbons (Fsp3) is 0.529. The van der Waals surface area contributed by atoms with Gasteiger partial charge in [-0.2, -0.15) is 0 Å². The SMILES string of the molecule is COc1ccccc1NC(=O)C1CCCN1OC(=O)OC(C)(C)C. The van der Waals surface area contributed by atoms with Gasteiger partial charge in [-0.1, -0.05) is 12.1 Å². The molecule has 24 heavy (non-hydrogen) atoms. The lowest BCUT2D eigenvalue weighted by molar-refractivity contribution is -0.159. The van der Waals surface area contributed by atoms with Crippen molar-refractivity contribution in [3.63, 3.8) is 0 Å². The maximum Gasteiger partial charge on any atom is 0.528 e. The predicted molar refractivity (Wildman–Crippen MR) is 88.7 cm³/mol. The van der Waals surface area contributed by atoms with Gasteiger partial charge in [-0.05, 0) is 45.7 Å². The third kappa shape index (κ3) is 4.86. The van der Waals surface area contributed by atoms with E-state index in [0.717, 1.165) is 6.42 Å². The van der Waals surface area contributed by atoms with E-state index < -0.39 is 17.8 Å². The summed E-state index contributed by atoms with van der Waals surface area (Å²) in [5.74, 6) is 0.323. The molecule has 1 aromatic rings. The van der Waals surface area contributed by atoms with Gasteiger partial charge in [-0.15, -0.1) is 5.06 Å². The Morgan fingerprint density at radius 1 is 1.25 bits per heavy atom. The fourth-order valence-electron chi connectivity index (χ4n) is 2.44. The number of hydrogen-bond donors (Lipinski definition) is 1. The molecule has 0 aromatic heterocycles. The van der Waals surface area contributed by atoms with Crippen molar-refractivity contribution < 1.29 is 23.9 Å². The van der Waals surface area contributed by atoms with Gasteiger partial charge >= 0.3 is 6.16 Å². The van der Waals surface area contributed by atoms with Gasteiger partial charge in [0.2, 0.25) is 5.91 Å². The van der Waals surface area contributed by atoms with Crippen molar-refractivity contribution in [2.45, 2.75) is 45.3 Å². The summed E-state index contributed by atoms with van der Waals surface area (Å²) in [6, 6.07) is 6.59. The number of nitrogens with zero attached hydrogens (tertiary/aromatic N) is 1. The van der Waals surface area contributed by atoms with Gasteiger partial charge in [-0.3, -0.25) is 4.79 Å². The lowest BCUT2D eigenvalue weighted by Gasteiger charge is -2.25. The van der Waals surface area contributed by atoms with Crippen LogP contribution in [0.5, 0.6) is 5.75 Å². The Morgan fingerprint density at radius 3 is 2.62 bits per heavy atom. The number of carbonyl (C=O) groups is 2. The Bertz CT molecular complexity index is 597. The smallest absolute Gasteiger partial charge is 0.495 e. The molecule has 1 fully saturated rings. The summed E-state index contributed by atoms with van der Waals surface area (Å²) >= 11 is 0. The molecule has 1 atom stereocenters. The van der Waals surface area contributed by atoms with Gasteiger partial charge in [0.1, 0.15) is 17.4 Å². The zero-order valence-corrected chi connectivity index (χ0v) is 14.5. The number of hydrogen-bond acceptors (Lipinski definition) is 6. The monoisotopic (exact) mass is 336 g/mol. The highest BCUT2D eigenvalue weighted by Crippen LogP contribution is 2.25. The summed E-state index contributed by atoms with van der Waals surface area (Å²) in [5, 5.41) is 4.19. The second-order valence-corrected chi connectivity index (χ2v) is 6.54. The summed E-state index contributed by atoms with van der Waals surface area (Å²) in [6.45, 7) is 5.75. The largest absolute Gasteiger partial charge is 0.528 e. The number of benzene rings is 1. The first-order valence-electron chi connectivity index (χ1n) is 7.91. The van der Waals surface area contributed by atoms with E-state index >= 15 is 0 Å². The van der Waals surface area contributed by atoms with Crippen LogP contribution >= 0.6 is 0 Å². The van der Waals surface area contributed by atoms with Crippen molar-refractivity contribution in [3.8, 4) is 5.75 Å². The molecule has 1 aliphatic rings. The molecule has 0 radical (unpaired) electrons. The van der Waals surface area contributed by atoms with E-state index in [1.165, 1.54) is 5.06 Å². The fourth-order valence-corrected chi connectivity index (χ4v) is 2.44. The molecule has 2 rings (SSSR count). The van der Waals surface area contributed by atoms with Gasteiger partial charge in [0.25, 0.3) is 0 Å². The van der Waals surface area contributed by atoms with Crippen LogP contribution in [-0.4, -0.2) is 42.4 Å². The zero-order valence-electron chi connectivity index (χ0n) is 14.5. The number of hydroxylamine groups is 2. The van der Waals surface area contributed by atoms with Crippen LogP contribution in [-0.2, 0) is 14.4 Å². The van der Waals surface area contributed by atoms with Crippen LogP contribution < -0.4 is 10.1 Å². The van der Waals surface area contributed by atoms with Crippen molar-refractivity contribution in [1.29, 1.82) is 0 Å². The number of anilines is 1. The number of para-hydroxylation sites is 2. The van der Waals surface area contributed by atoms with E-state index in [1.54, 1.807) is 40.0 Å². The highest BCUT2D eigenvalue weighted by Gasteiger charge is 2.35. The summed E-state index contributed by atoms with van der Waals surface area (Å²) in [5.41, 5.74) is -0.0690. The van der Waals surface area contributed by atoms with Crippen molar-refractivity contribution in [3.05, 3.63) is 24.3 Å². The third-order valence-electron chi connectivity index (χ3n) is 3.45. The Labute approximate surface area is 141 Å². The first-order valence-corrected chi connectivity index (χ1v) is 7.91. The van der Waals surface area contributed by atoms with Crippen LogP contribution in [0.2, 0.25) is 0 Å². The first-order chi connectivity index (χ1) is 11.3. The second kappa shape index (κ2) is 7.53. The van der Waals surface area contributed by atoms with Crippen molar-refractivity contribution in [1.82, 2.24) is 5.06 Å². The topological polar surface area (TPSA) is 77.1 Å². The molecule has 0 spiro atoms. The van der Waals surface area contributed by atoms with E-state index in [9.17, 15) is 9.59 Å². The van der Waals surface area contributed by atoms with E-state index in [4.69, 9.17) is 14.3 Å². The molecule has 0 saturated carbocycles. The highest BCUT2D eigenvalue weighted by molar-refractivity contribution is 5.96. The number of carbonyl (C=O) groups excluding carboxylic acids is 2. The Hall–Kier alpha value is -2.28. The van der Waals surface area contributed by atoms with Crippen LogP contribution in [0.25, 0.3) is 0 Å². The number of rotatable bonds is 4. The molecule has 0 aliphatic carbocycles. The summed E-state index contributed by atoms with van der Waals surface area (Å²) in [7, 11) is 1.54. The van der Waals surface area contributed by atoms with Crippen molar-refractivity contribution >= 4 is 17.7 Å². The van der Waals surface area contributed by atoms with E-state index in [1.807, 2.05) is 12.1 Å². The minimum atomic E-state index is -0.806. The number of amides is 1. The molecule has 1 saturated heterocycles. The van der Waals surface area contributed by atoms with E-state index in [2.05, 4.69) is 5.32 Å². The average molecular weight is 336 g/mol. The maximum atomic E-state index is 12.5. The molecule has 1 heterocycles. The van der Waals surface area contributed by atoms with Crippen LogP contribution in [0.3, 0.4) is 0 Å². The quantitative estimate of drug-likeness (QED) is 0.852. The second-order valence-electron chi connectivity index (χ2n) is 6.54. The van der Waals surface area contributed by atoms with Crippen LogP contribution in [0.15, 0.2) is 24.3 Å². The first kappa shape index (κ1) is 18.1. The summed E-state index contributed by atoms with van der Waals surface area (Å²) < 4.78 is 10.3. The predicted octanol–water partition coefficient (Wildman–Crippen LogP) is 2.96. The molecule has 7 heteroatoms. The molecule has 1 amide bonds. The van der Waals surface area contributed by atoms with E-state index in [-0.39, 0.29) is 5.91 Å². The summed E-state index contributed by atoms with van der Waals surface area (Å²) in [6.07, 6.45) is 0.552. The normalized spacial score (nSPS) is 18.1. The number of methoxy groups -OCH3 is 1.